The summed E-state index contributed by atoms with van der Waals surface area (Å²) in [4.78, 5) is 42.3. The van der Waals surface area contributed by atoms with Gasteiger partial charge >= 0.3 is 0 Å². The van der Waals surface area contributed by atoms with Crippen molar-refractivity contribution >= 4 is 29.4 Å². The molecule has 3 aliphatic rings. The van der Waals surface area contributed by atoms with E-state index in [1.54, 1.807) is 12.1 Å². The van der Waals surface area contributed by atoms with Gasteiger partial charge in [-0.05, 0) is 11.6 Å². The molecule has 0 spiro atoms. The lowest BCUT2D eigenvalue weighted by Crippen LogP contribution is -2.48. The number of para-hydroxylation sites is 1. The summed E-state index contributed by atoms with van der Waals surface area (Å²) in [5, 5.41) is 0. The predicted octanol–water partition coefficient (Wildman–Crippen LogP) is 2.38. The topological polar surface area (TPSA) is 57.7 Å². The van der Waals surface area contributed by atoms with Crippen LogP contribution < -0.4 is 4.90 Å². The highest BCUT2D eigenvalue weighted by atomic mass is 16.2. The Balaban J connectivity index is 1.69. The summed E-state index contributed by atoms with van der Waals surface area (Å²) >= 11 is 0. The molecule has 0 bridgehead atoms. The standard InChI is InChI=1S/C22H18N2O3/c1-23-21(26)17-16-12-11-13-7-5-6-10-15(13)24(16)19(18(17)22(23)27)20(25)14-8-3-2-4-9-14/h2-12,16-19H,1H3. The maximum atomic E-state index is 13.5. The fourth-order valence-electron chi connectivity index (χ4n) is 4.74. The van der Waals surface area contributed by atoms with Gasteiger partial charge in [-0.1, -0.05) is 60.7 Å². The molecule has 4 atom stereocenters. The number of fused-ring (bicyclic) bond motifs is 5. The van der Waals surface area contributed by atoms with E-state index in [0.29, 0.717) is 5.56 Å². The second-order valence-corrected chi connectivity index (χ2v) is 7.28. The summed E-state index contributed by atoms with van der Waals surface area (Å²) in [6.07, 6.45) is 3.95. The van der Waals surface area contributed by atoms with E-state index in [9.17, 15) is 14.4 Å². The third-order valence-electron chi connectivity index (χ3n) is 5.96. The van der Waals surface area contributed by atoms with Crippen molar-refractivity contribution in [2.24, 2.45) is 11.8 Å². The summed E-state index contributed by atoms with van der Waals surface area (Å²) < 4.78 is 0. The lowest BCUT2D eigenvalue weighted by molar-refractivity contribution is -0.138. The Bertz CT molecular complexity index is 998. The molecule has 0 aromatic heterocycles. The molecule has 2 amide bonds. The number of carbonyl (C=O) groups is 3. The van der Waals surface area contributed by atoms with Crippen molar-refractivity contribution in [1.29, 1.82) is 0 Å². The van der Waals surface area contributed by atoms with Gasteiger partial charge in [0.05, 0.1) is 17.9 Å². The monoisotopic (exact) mass is 358 g/mol. The van der Waals surface area contributed by atoms with Crippen LogP contribution in [0.4, 0.5) is 5.69 Å². The molecule has 2 fully saturated rings. The van der Waals surface area contributed by atoms with Crippen LogP contribution in [-0.2, 0) is 9.59 Å². The molecule has 0 N–H and O–H groups in total. The van der Waals surface area contributed by atoms with E-state index in [1.807, 2.05) is 59.5 Å². The normalized spacial score (nSPS) is 28.2. The zero-order chi connectivity index (χ0) is 18.7. The van der Waals surface area contributed by atoms with Crippen molar-refractivity contribution in [3.05, 3.63) is 71.8 Å². The van der Waals surface area contributed by atoms with Crippen LogP contribution in [0.5, 0.6) is 0 Å². The molecule has 2 aromatic rings. The number of likely N-dealkylation sites (tertiary alicyclic amines) is 1. The minimum absolute atomic E-state index is 0.116. The number of nitrogens with zero attached hydrogens (tertiary/aromatic N) is 2. The molecule has 27 heavy (non-hydrogen) atoms. The molecule has 5 nitrogen and oxygen atoms in total. The number of ketones is 1. The highest BCUT2D eigenvalue weighted by Gasteiger charge is 2.63. The summed E-state index contributed by atoms with van der Waals surface area (Å²) in [7, 11) is 1.51. The van der Waals surface area contributed by atoms with E-state index >= 15 is 0 Å². The Morgan fingerprint density at radius 1 is 0.889 bits per heavy atom. The summed E-state index contributed by atoms with van der Waals surface area (Å²) in [5.74, 6) is -1.76. The molecular formula is C22H18N2O3. The van der Waals surface area contributed by atoms with Crippen LogP contribution in [-0.4, -0.2) is 41.6 Å². The predicted molar refractivity (Wildman–Crippen MR) is 101 cm³/mol. The lowest BCUT2D eigenvalue weighted by atomic mass is 9.86. The molecule has 5 heteroatoms. The van der Waals surface area contributed by atoms with Crippen LogP contribution in [0.2, 0.25) is 0 Å². The fourth-order valence-corrected chi connectivity index (χ4v) is 4.74. The number of rotatable bonds is 2. The van der Waals surface area contributed by atoms with Crippen molar-refractivity contribution in [2.45, 2.75) is 12.1 Å². The van der Waals surface area contributed by atoms with Gasteiger partial charge in [0.25, 0.3) is 0 Å². The average molecular weight is 358 g/mol. The number of benzene rings is 2. The van der Waals surface area contributed by atoms with Gasteiger partial charge in [0.1, 0.15) is 6.04 Å². The maximum absolute atomic E-state index is 13.5. The minimum Gasteiger partial charge on any atom is -0.352 e. The van der Waals surface area contributed by atoms with Gasteiger partial charge < -0.3 is 4.90 Å². The summed E-state index contributed by atoms with van der Waals surface area (Å²) in [5.41, 5.74) is 2.45. The van der Waals surface area contributed by atoms with Crippen molar-refractivity contribution in [3.8, 4) is 0 Å². The fraction of sp³-hybridized carbons (Fsp3) is 0.227. The summed E-state index contributed by atoms with van der Waals surface area (Å²) in [6.45, 7) is 0. The van der Waals surface area contributed by atoms with Gasteiger partial charge in [-0.2, -0.15) is 0 Å². The van der Waals surface area contributed by atoms with E-state index < -0.39 is 17.9 Å². The van der Waals surface area contributed by atoms with E-state index in [1.165, 1.54) is 11.9 Å². The Labute approximate surface area is 156 Å². The third-order valence-corrected chi connectivity index (χ3v) is 5.96. The van der Waals surface area contributed by atoms with Crippen molar-refractivity contribution in [2.75, 3.05) is 11.9 Å². The van der Waals surface area contributed by atoms with E-state index in [0.717, 1.165) is 11.3 Å². The second-order valence-electron chi connectivity index (χ2n) is 7.28. The zero-order valence-corrected chi connectivity index (χ0v) is 14.8. The Kier molecular flexibility index (Phi) is 3.34. The second kappa shape index (κ2) is 5.64. The number of amides is 2. The smallest absolute Gasteiger partial charge is 0.235 e. The molecule has 0 radical (unpaired) electrons. The van der Waals surface area contributed by atoms with Crippen LogP contribution in [0, 0.1) is 11.8 Å². The highest BCUT2D eigenvalue weighted by Crippen LogP contribution is 2.48. The van der Waals surface area contributed by atoms with Crippen LogP contribution in [0.25, 0.3) is 6.08 Å². The van der Waals surface area contributed by atoms with E-state index in [-0.39, 0.29) is 23.6 Å². The number of hydrogen-bond acceptors (Lipinski definition) is 4. The molecule has 0 aliphatic carbocycles. The first-order valence-electron chi connectivity index (χ1n) is 9.06. The summed E-state index contributed by atoms with van der Waals surface area (Å²) in [6, 6.07) is 15.8. The van der Waals surface area contributed by atoms with Gasteiger partial charge in [-0.3, -0.25) is 19.3 Å². The van der Waals surface area contributed by atoms with Gasteiger partial charge in [0.2, 0.25) is 11.8 Å². The molecule has 4 unspecified atom stereocenters. The third kappa shape index (κ3) is 2.08. The average Bonchev–Trinajstić information content (AvgIpc) is 3.17. The number of anilines is 1. The number of carbonyl (C=O) groups excluding carboxylic acids is 3. The van der Waals surface area contributed by atoms with Crippen LogP contribution in [0.3, 0.4) is 0 Å². The van der Waals surface area contributed by atoms with Crippen LogP contribution in [0.1, 0.15) is 15.9 Å². The molecule has 0 saturated carbocycles. The first-order chi connectivity index (χ1) is 13.1. The van der Waals surface area contributed by atoms with Crippen LogP contribution >= 0.6 is 0 Å². The SMILES string of the molecule is CN1C(=O)C2C(C1=O)C(C(=O)c1ccccc1)N1c3ccccc3C=CC21. The maximum Gasteiger partial charge on any atom is 0.235 e. The zero-order valence-electron chi connectivity index (χ0n) is 14.8. The minimum atomic E-state index is -0.685. The molecule has 2 aromatic carbocycles. The Morgan fingerprint density at radius 3 is 2.33 bits per heavy atom. The number of imide groups is 1. The van der Waals surface area contributed by atoms with E-state index in [4.69, 9.17) is 0 Å². The van der Waals surface area contributed by atoms with Crippen molar-refractivity contribution < 1.29 is 14.4 Å². The molecular weight excluding hydrogens is 340 g/mol. The Hall–Kier alpha value is -3.21. The number of hydrogen-bond donors (Lipinski definition) is 0. The quantitative estimate of drug-likeness (QED) is 0.611. The molecule has 3 aliphatic heterocycles. The Morgan fingerprint density at radius 2 is 1.56 bits per heavy atom. The largest absolute Gasteiger partial charge is 0.352 e. The van der Waals surface area contributed by atoms with Crippen LogP contribution in [0.15, 0.2) is 60.7 Å². The van der Waals surface area contributed by atoms with Gasteiger partial charge in [-0.25, -0.2) is 0 Å². The molecule has 3 heterocycles. The first-order valence-corrected chi connectivity index (χ1v) is 9.06. The van der Waals surface area contributed by atoms with Gasteiger partial charge in [-0.15, -0.1) is 0 Å². The molecule has 5 rings (SSSR count). The number of Topliss-reactive ketones (excluding diaryl/α,β-unsaturated/α-hetero) is 1. The highest BCUT2D eigenvalue weighted by molar-refractivity contribution is 6.13. The lowest BCUT2D eigenvalue weighted by Gasteiger charge is -2.36. The molecule has 134 valence electrons. The van der Waals surface area contributed by atoms with Gasteiger partial charge in [0, 0.05) is 18.3 Å². The van der Waals surface area contributed by atoms with Crippen molar-refractivity contribution in [1.82, 2.24) is 4.90 Å². The van der Waals surface area contributed by atoms with Gasteiger partial charge in [0.15, 0.2) is 5.78 Å². The first kappa shape index (κ1) is 16.0. The van der Waals surface area contributed by atoms with E-state index in [2.05, 4.69) is 0 Å². The van der Waals surface area contributed by atoms with Crippen molar-refractivity contribution in [3.63, 3.8) is 0 Å². The molecule has 2 saturated heterocycles.